The highest BCUT2D eigenvalue weighted by molar-refractivity contribution is 5.76. The molecule has 2 saturated heterocycles. The first kappa shape index (κ1) is 81.7. The average molecular weight is 1250 g/mol. The van der Waals surface area contributed by atoms with Gasteiger partial charge in [0.05, 0.1) is 32.0 Å². The van der Waals surface area contributed by atoms with Crippen LogP contribution in [0.25, 0.3) is 0 Å². The van der Waals surface area contributed by atoms with E-state index in [9.17, 15) is 45.6 Å². The van der Waals surface area contributed by atoms with Crippen molar-refractivity contribution in [3.63, 3.8) is 0 Å². The second kappa shape index (κ2) is 58.5. The van der Waals surface area contributed by atoms with E-state index >= 15 is 0 Å². The third kappa shape index (κ3) is 42.5. The van der Waals surface area contributed by atoms with Gasteiger partial charge in [0.25, 0.3) is 0 Å². The quantitative estimate of drug-likeness (QED) is 0.0204. The fourth-order valence-corrected chi connectivity index (χ4v) is 11.1. The molecule has 2 fully saturated rings. The molecule has 14 heteroatoms. The van der Waals surface area contributed by atoms with E-state index in [1.807, 2.05) is 0 Å². The lowest BCUT2D eigenvalue weighted by molar-refractivity contribution is -0.359. The largest absolute Gasteiger partial charge is 0.394 e. The van der Waals surface area contributed by atoms with Crippen LogP contribution >= 0.6 is 0 Å². The molecule has 0 aromatic rings. The zero-order valence-electron chi connectivity index (χ0n) is 55.6. The van der Waals surface area contributed by atoms with Crippen LogP contribution in [0.2, 0.25) is 0 Å². The SMILES string of the molecule is CC/C=C\C/C=C\C/C=C\C/C=C\C/C=C\C/C=C\C/C=C\C/C=C\C/C=C\CCCCCCCCCCCC(=O)NC(COC1OC(CO)C(OC2OC(CO)C(O)C(O)C2O)C(O)C1O)C(O)CCCCCCCCCCCCCCCCCCCC. The van der Waals surface area contributed by atoms with Crippen LogP contribution in [0.4, 0.5) is 0 Å². The maximum absolute atomic E-state index is 13.4. The van der Waals surface area contributed by atoms with Crippen LogP contribution in [0.1, 0.15) is 264 Å². The number of aliphatic hydroxyl groups excluding tert-OH is 8. The molecule has 14 nitrogen and oxygen atoms in total. The van der Waals surface area contributed by atoms with Gasteiger partial charge in [0.1, 0.15) is 48.8 Å². The third-order valence-corrected chi connectivity index (χ3v) is 16.8. The normalized spacial score (nSPS) is 23.7. The zero-order valence-corrected chi connectivity index (χ0v) is 55.6. The number of unbranched alkanes of at least 4 members (excludes halogenated alkanes) is 26. The number of rotatable bonds is 57. The average Bonchev–Trinajstić information content (AvgIpc) is 1.44. The van der Waals surface area contributed by atoms with Crippen molar-refractivity contribution in [1.29, 1.82) is 0 Å². The molecule has 1 amide bonds. The molecular weight excluding hydrogens is 1120 g/mol. The summed E-state index contributed by atoms with van der Waals surface area (Å²) in [6.45, 7) is 2.76. The molecule has 2 aliphatic heterocycles. The van der Waals surface area contributed by atoms with Crippen molar-refractivity contribution >= 4 is 5.91 Å². The fraction of sp³-hybridized carbons (Fsp3) is 0.747. The minimum atomic E-state index is -1.79. The van der Waals surface area contributed by atoms with Gasteiger partial charge in [-0.1, -0.05) is 284 Å². The van der Waals surface area contributed by atoms with E-state index in [2.05, 4.69) is 129 Å². The topological polar surface area (TPSA) is 228 Å². The molecule has 512 valence electrons. The maximum Gasteiger partial charge on any atom is 0.220 e. The summed E-state index contributed by atoms with van der Waals surface area (Å²) in [7, 11) is 0. The zero-order chi connectivity index (χ0) is 64.5. The first-order valence-electron chi connectivity index (χ1n) is 35.6. The standard InChI is InChI=1S/C75H129NO13/c1-3-5-7-9-11-13-15-17-19-21-23-24-25-26-27-28-29-30-31-32-33-34-35-36-37-38-39-40-41-43-45-47-49-51-53-55-57-59-67(80)76-63(64(79)58-56-54-52-50-48-46-44-42-22-20-18-16-14-12-10-8-6-4-2)62-86-74-72(85)70(83)73(66(61-78)88-74)89-75-71(84)69(82)68(81)65(60-77)87-75/h5,7,11,13,17,19,23-24,26-27,29-30,32-33,35-36,38-39,63-66,68-75,77-79,81-85H,3-4,6,8-10,12,14-16,18,20-22,25,28,31,34,37,40-62H2,1-2H3,(H,76,80)/b7-5-,13-11-,19-17-,24-23-,27-26-,30-29-,33-32-,36-35-,39-38-. The van der Waals surface area contributed by atoms with Gasteiger partial charge in [-0.05, 0) is 83.5 Å². The Balaban J connectivity index is 1.64. The number of nitrogens with one attached hydrogen (secondary N) is 1. The highest BCUT2D eigenvalue weighted by atomic mass is 16.7. The Hall–Kier alpha value is -3.35. The minimum Gasteiger partial charge on any atom is -0.394 e. The molecule has 0 aromatic carbocycles. The first-order chi connectivity index (χ1) is 43.6. The van der Waals surface area contributed by atoms with Crippen LogP contribution in [0.5, 0.6) is 0 Å². The number of amides is 1. The molecular formula is C75H129NO13. The Morgan fingerprint density at radius 3 is 1.19 bits per heavy atom. The molecule has 2 aliphatic rings. The molecule has 9 N–H and O–H groups in total. The Kier molecular flexibility index (Phi) is 53.7. The van der Waals surface area contributed by atoms with Gasteiger partial charge in [-0.25, -0.2) is 0 Å². The Morgan fingerprint density at radius 1 is 0.416 bits per heavy atom. The van der Waals surface area contributed by atoms with Crippen molar-refractivity contribution in [3.8, 4) is 0 Å². The number of ether oxygens (including phenoxy) is 4. The third-order valence-electron chi connectivity index (χ3n) is 16.8. The van der Waals surface area contributed by atoms with Crippen molar-refractivity contribution in [3.05, 3.63) is 109 Å². The molecule has 0 spiro atoms. The van der Waals surface area contributed by atoms with E-state index in [4.69, 9.17) is 18.9 Å². The molecule has 2 heterocycles. The van der Waals surface area contributed by atoms with Gasteiger partial charge in [0.2, 0.25) is 5.91 Å². The predicted octanol–water partition coefficient (Wildman–Crippen LogP) is 14.7. The summed E-state index contributed by atoms with van der Waals surface area (Å²) in [5.41, 5.74) is 0. The Bertz CT molecular complexity index is 1910. The first-order valence-corrected chi connectivity index (χ1v) is 35.6. The minimum absolute atomic E-state index is 0.215. The summed E-state index contributed by atoms with van der Waals surface area (Å²) in [6.07, 6.45) is 66.6. The monoisotopic (exact) mass is 1250 g/mol. The smallest absolute Gasteiger partial charge is 0.220 e. The van der Waals surface area contributed by atoms with Gasteiger partial charge in [0, 0.05) is 6.42 Å². The van der Waals surface area contributed by atoms with Crippen molar-refractivity contribution in [2.75, 3.05) is 19.8 Å². The number of hydrogen-bond acceptors (Lipinski definition) is 13. The molecule has 0 saturated carbocycles. The molecule has 0 aliphatic carbocycles. The fourth-order valence-electron chi connectivity index (χ4n) is 11.1. The molecule has 12 unspecified atom stereocenters. The van der Waals surface area contributed by atoms with Crippen molar-refractivity contribution in [2.45, 2.75) is 338 Å². The van der Waals surface area contributed by atoms with Gasteiger partial charge >= 0.3 is 0 Å². The number of hydrogen-bond donors (Lipinski definition) is 9. The van der Waals surface area contributed by atoms with Gasteiger partial charge in [-0.2, -0.15) is 0 Å². The molecule has 0 bridgehead atoms. The highest BCUT2D eigenvalue weighted by Gasteiger charge is 2.51. The Morgan fingerprint density at radius 2 is 0.775 bits per heavy atom. The maximum atomic E-state index is 13.4. The van der Waals surface area contributed by atoms with Gasteiger partial charge in [-0.3, -0.25) is 4.79 Å². The summed E-state index contributed by atoms with van der Waals surface area (Å²) < 4.78 is 22.9. The molecule has 12 atom stereocenters. The van der Waals surface area contributed by atoms with Crippen molar-refractivity contribution < 1.29 is 64.6 Å². The van der Waals surface area contributed by atoms with Gasteiger partial charge in [-0.15, -0.1) is 0 Å². The lowest BCUT2D eigenvalue weighted by atomic mass is 9.97. The molecule has 0 aromatic heterocycles. The van der Waals surface area contributed by atoms with Gasteiger partial charge in [0.15, 0.2) is 12.6 Å². The van der Waals surface area contributed by atoms with Crippen LogP contribution in [0.3, 0.4) is 0 Å². The van der Waals surface area contributed by atoms with Crippen molar-refractivity contribution in [1.82, 2.24) is 5.32 Å². The van der Waals surface area contributed by atoms with Crippen LogP contribution in [0, 0.1) is 0 Å². The number of aliphatic hydroxyl groups is 8. The van der Waals surface area contributed by atoms with E-state index in [0.717, 1.165) is 109 Å². The second-order valence-corrected chi connectivity index (χ2v) is 24.6. The van der Waals surface area contributed by atoms with E-state index in [-0.39, 0.29) is 12.5 Å². The molecule has 0 radical (unpaired) electrons. The van der Waals surface area contributed by atoms with E-state index in [0.29, 0.717) is 19.3 Å². The summed E-state index contributed by atoms with van der Waals surface area (Å²) in [6, 6.07) is -0.840. The molecule has 2 rings (SSSR count). The second-order valence-electron chi connectivity index (χ2n) is 24.6. The van der Waals surface area contributed by atoms with Crippen LogP contribution in [0.15, 0.2) is 109 Å². The summed E-state index contributed by atoms with van der Waals surface area (Å²) >= 11 is 0. The summed E-state index contributed by atoms with van der Waals surface area (Å²) in [5, 5.41) is 87.6. The number of carbonyl (C=O) groups is 1. The number of allylic oxidation sites excluding steroid dienone is 18. The highest BCUT2D eigenvalue weighted by Crippen LogP contribution is 2.30. The Labute approximate surface area is 540 Å². The van der Waals surface area contributed by atoms with E-state index < -0.39 is 86.8 Å². The lowest BCUT2D eigenvalue weighted by Gasteiger charge is -2.46. The van der Waals surface area contributed by atoms with Crippen LogP contribution in [-0.2, 0) is 23.7 Å². The van der Waals surface area contributed by atoms with E-state index in [1.54, 1.807) is 0 Å². The summed E-state index contributed by atoms with van der Waals surface area (Å²) in [5.74, 6) is -0.215. The van der Waals surface area contributed by atoms with Crippen molar-refractivity contribution in [2.24, 2.45) is 0 Å². The van der Waals surface area contributed by atoms with Crippen LogP contribution < -0.4 is 5.32 Å². The molecule has 89 heavy (non-hydrogen) atoms. The van der Waals surface area contributed by atoms with Gasteiger partial charge < -0.3 is 65.1 Å². The summed E-state index contributed by atoms with van der Waals surface area (Å²) in [4.78, 5) is 13.4. The number of carbonyl (C=O) groups excluding carboxylic acids is 1. The predicted molar refractivity (Wildman–Crippen MR) is 364 cm³/mol. The van der Waals surface area contributed by atoms with E-state index in [1.165, 1.54) is 122 Å². The van der Waals surface area contributed by atoms with Crippen LogP contribution in [-0.4, -0.2) is 140 Å². The lowest BCUT2D eigenvalue weighted by Crippen LogP contribution is -2.65.